The van der Waals surface area contributed by atoms with Crippen molar-refractivity contribution in [1.82, 2.24) is 0 Å². The van der Waals surface area contributed by atoms with Gasteiger partial charge in [0, 0.05) is 0 Å². The number of rotatable bonds is 2. The van der Waals surface area contributed by atoms with Gasteiger partial charge in [-0.05, 0) is 72.2 Å². The third-order valence-electron chi connectivity index (χ3n) is 8.51. The number of methoxy groups -OCH3 is 1. The highest BCUT2D eigenvalue weighted by Gasteiger charge is 2.58. The zero-order chi connectivity index (χ0) is 17.8. The van der Waals surface area contributed by atoms with E-state index in [1.54, 1.807) is 0 Å². The van der Waals surface area contributed by atoms with Crippen molar-refractivity contribution in [3.63, 3.8) is 0 Å². The summed E-state index contributed by atoms with van der Waals surface area (Å²) in [5.74, 6) is 2.59. The van der Waals surface area contributed by atoms with Gasteiger partial charge in [0.15, 0.2) is 0 Å². The maximum absolute atomic E-state index is 12.2. The van der Waals surface area contributed by atoms with Crippen LogP contribution in [0.2, 0.25) is 0 Å². The molecule has 7 atom stereocenters. The largest absolute Gasteiger partial charge is 0.469 e. The van der Waals surface area contributed by atoms with Crippen molar-refractivity contribution in [2.75, 3.05) is 7.11 Å². The van der Waals surface area contributed by atoms with E-state index in [-0.39, 0.29) is 17.3 Å². The van der Waals surface area contributed by atoms with Crippen LogP contribution in [0.1, 0.15) is 52.9 Å². The molecule has 4 aliphatic carbocycles. The minimum Gasteiger partial charge on any atom is -0.469 e. The molecule has 2 fully saturated rings. The molecule has 0 amide bonds. The van der Waals surface area contributed by atoms with Crippen LogP contribution >= 0.6 is 0 Å². The van der Waals surface area contributed by atoms with Crippen molar-refractivity contribution < 1.29 is 9.53 Å². The van der Waals surface area contributed by atoms with Gasteiger partial charge in [0.25, 0.3) is 0 Å². The maximum Gasteiger partial charge on any atom is 0.308 e. The molecule has 0 aromatic rings. The van der Waals surface area contributed by atoms with Gasteiger partial charge in [0.2, 0.25) is 0 Å². The van der Waals surface area contributed by atoms with Crippen LogP contribution in [-0.2, 0) is 9.53 Å². The summed E-state index contributed by atoms with van der Waals surface area (Å²) in [6.07, 6.45) is 18.0. The van der Waals surface area contributed by atoms with E-state index >= 15 is 0 Å². The number of carbonyl (C=O) groups is 1. The van der Waals surface area contributed by atoms with Crippen molar-refractivity contribution in [3.8, 4) is 0 Å². The Morgan fingerprint density at radius 2 is 2.04 bits per heavy atom. The topological polar surface area (TPSA) is 26.3 Å². The van der Waals surface area contributed by atoms with E-state index in [1.165, 1.54) is 44.8 Å². The quantitative estimate of drug-likeness (QED) is 0.636. The van der Waals surface area contributed by atoms with Crippen LogP contribution < -0.4 is 0 Å². The van der Waals surface area contributed by atoms with Gasteiger partial charge in [-0.25, -0.2) is 0 Å². The second kappa shape index (κ2) is 5.86. The van der Waals surface area contributed by atoms with Gasteiger partial charge in [-0.3, -0.25) is 4.79 Å². The van der Waals surface area contributed by atoms with Gasteiger partial charge in [-0.2, -0.15) is 0 Å². The van der Waals surface area contributed by atoms with Crippen LogP contribution in [-0.4, -0.2) is 13.1 Å². The molecule has 0 bridgehead atoms. The zero-order valence-corrected chi connectivity index (χ0v) is 16.1. The van der Waals surface area contributed by atoms with Gasteiger partial charge in [-0.15, -0.1) is 0 Å². The van der Waals surface area contributed by atoms with Gasteiger partial charge >= 0.3 is 5.97 Å². The van der Waals surface area contributed by atoms with Gasteiger partial charge < -0.3 is 4.74 Å². The molecule has 2 saturated carbocycles. The van der Waals surface area contributed by atoms with E-state index < -0.39 is 0 Å². The molecule has 0 saturated heterocycles. The Balaban J connectivity index is 1.65. The Hall–Kier alpha value is -1.31. The lowest BCUT2D eigenvalue weighted by Crippen LogP contribution is -2.49. The molecule has 1 unspecified atom stereocenters. The van der Waals surface area contributed by atoms with E-state index in [0.29, 0.717) is 23.2 Å². The monoisotopic (exact) mass is 340 g/mol. The number of carbonyl (C=O) groups excluding carboxylic acids is 1. The first-order valence-electron chi connectivity index (χ1n) is 10.0. The third-order valence-corrected chi connectivity index (χ3v) is 8.51. The van der Waals surface area contributed by atoms with E-state index in [2.05, 4.69) is 51.2 Å². The molecule has 0 aliphatic heterocycles. The Kier molecular flexibility index (Phi) is 4.01. The number of hydrogen-bond acceptors (Lipinski definition) is 2. The molecule has 136 valence electrons. The highest BCUT2D eigenvalue weighted by Crippen LogP contribution is 2.65. The summed E-state index contributed by atoms with van der Waals surface area (Å²) in [6.45, 7) is 7.03. The van der Waals surface area contributed by atoms with Crippen LogP contribution in [0.5, 0.6) is 0 Å². The van der Waals surface area contributed by atoms with Crippen LogP contribution in [0.25, 0.3) is 0 Å². The Morgan fingerprint density at radius 1 is 1.24 bits per heavy atom. The summed E-state index contributed by atoms with van der Waals surface area (Å²) in [4.78, 5) is 12.2. The van der Waals surface area contributed by atoms with E-state index in [4.69, 9.17) is 4.74 Å². The van der Waals surface area contributed by atoms with E-state index in [1.807, 2.05) is 0 Å². The molecule has 0 heterocycles. The molecule has 0 radical (unpaired) electrons. The number of fused-ring (bicyclic) bond motifs is 5. The lowest BCUT2D eigenvalue weighted by Gasteiger charge is -2.56. The highest BCUT2D eigenvalue weighted by atomic mass is 16.5. The fraction of sp³-hybridized carbons (Fsp3) is 0.696. The number of hydrogen-bond donors (Lipinski definition) is 0. The summed E-state index contributed by atoms with van der Waals surface area (Å²) in [5, 5.41) is 0. The first-order valence-corrected chi connectivity index (χ1v) is 10.0. The predicted octanol–water partition coefficient (Wildman–Crippen LogP) is 5.32. The number of allylic oxidation sites excluding steroid dienone is 6. The Morgan fingerprint density at radius 3 is 2.80 bits per heavy atom. The second-order valence-corrected chi connectivity index (χ2v) is 9.36. The van der Waals surface area contributed by atoms with Gasteiger partial charge in [0.1, 0.15) is 0 Å². The number of ether oxygens (including phenoxy) is 1. The van der Waals surface area contributed by atoms with Crippen molar-refractivity contribution in [1.29, 1.82) is 0 Å². The fourth-order valence-corrected chi connectivity index (χ4v) is 7.04. The van der Waals surface area contributed by atoms with E-state index in [9.17, 15) is 4.79 Å². The average molecular weight is 341 g/mol. The number of esters is 1. The van der Waals surface area contributed by atoms with Crippen molar-refractivity contribution in [3.05, 3.63) is 36.0 Å². The lowest BCUT2D eigenvalue weighted by atomic mass is 9.48. The Labute approximate surface area is 152 Å². The summed E-state index contributed by atoms with van der Waals surface area (Å²) in [7, 11) is 1.53. The lowest BCUT2D eigenvalue weighted by molar-refractivity contribution is -0.149. The minimum absolute atomic E-state index is 0.0211. The minimum atomic E-state index is -0.0252. The van der Waals surface area contributed by atoms with Crippen molar-refractivity contribution in [2.45, 2.75) is 52.9 Å². The molecule has 0 aromatic heterocycles. The molecular weight excluding hydrogens is 308 g/mol. The molecule has 4 rings (SSSR count). The zero-order valence-electron chi connectivity index (χ0n) is 16.1. The van der Waals surface area contributed by atoms with Crippen LogP contribution in [0, 0.1) is 40.4 Å². The van der Waals surface area contributed by atoms with Gasteiger partial charge in [0.05, 0.1) is 13.0 Å². The van der Waals surface area contributed by atoms with Crippen molar-refractivity contribution >= 4 is 5.97 Å². The smallest absolute Gasteiger partial charge is 0.308 e. The average Bonchev–Trinajstić information content (AvgIpc) is 2.97. The molecule has 4 aliphatic rings. The van der Waals surface area contributed by atoms with Crippen LogP contribution in [0.15, 0.2) is 36.0 Å². The predicted molar refractivity (Wildman–Crippen MR) is 101 cm³/mol. The Bertz CT molecular complexity index is 657. The molecule has 2 heteroatoms. The maximum atomic E-state index is 12.2. The van der Waals surface area contributed by atoms with E-state index in [0.717, 1.165) is 5.92 Å². The molecule has 0 aromatic carbocycles. The highest BCUT2D eigenvalue weighted by molar-refractivity contribution is 5.72. The summed E-state index contributed by atoms with van der Waals surface area (Å²) in [6, 6.07) is 0. The van der Waals surface area contributed by atoms with Crippen LogP contribution in [0.4, 0.5) is 0 Å². The van der Waals surface area contributed by atoms with Gasteiger partial charge in [-0.1, -0.05) is 51.2 Å². The summed E-state index contributed by atoms with van der Waals surface area (Å²) in [5.41, 5.74) is 2.11. The molecular formula is C23H32O2. The normalized spacial score (nSPS) is 45.8. The standard InChI is InChI=1S/C23H32O2/c1-15(21(24)25-4)18-10-11-19-17-9-8-16-7-5-6-13-22(16,2)20(17)12-14-23(18,19)3/h5-9,15,17-20H,10-14H2,1-4H3/t15?,17-,18+,19-,20-,22-,23+/m0/s1. The molecule has 2 nitrogen and oxygen atoms in total. The van der Waals surface area contributed by atoms with Crippen LogP contribution in [0.3, 0.4) is 0 Å². The first kappa shape index (κ1) is 17.1. The molecule has 25 heavy (non-hydrogen) atoms. The summed E-state index contributed by atoms with van der Waals surface area (Å²) < 4.78 is 5.07. The first-order chi connectivity index (χ1) is 11.9. The third kappa shape index (κ3) is 2.32. The molecule has 0 spiro atoms. The fourth-order valence-electron chi connectivity index (χ4n) is 7.04. The summed E-state index contributed by atoms with van der Waals surface area (Å²) >= 11 is 0. The molecule has 0 N–H and O–H groups in total. The second-order valence-electron chi connectivity index (χ2n) is 9.36. The van der Waals surface area contributed by atoms with Crippen molar-refractivity contribution in [2.24, 2.45) is 40.4 Å². The SMILES string of the molecule is COC(=O)C(C)[C@H]1CC[C@H]2[C@@H]3C=CC4=CC=CC[C@]4(C)[C@H]3CC[C@]12C.